The van der Waals surface area contributed by atoms with E-state index in [0.717, 1.165) is 0 Å². The number of esters is 1. The predicted octanol–water partition coefficient (Wildman–Crippen LogP) is 1.34. The minimum Gasteiger partial charge on any atom is -0.623 e. The Labute approximate surface area is 284 Å². The van der Waals surface area contributed by atoms with E-state index in [1.54, 1.807) is 45.2 Å². The van der Waals surface area contributed by atoms with Gasteiger partial charge in [-0.3, -0.25) is 0 Å². The number of carbonyl (C=O) groups is 1. The van der Waals surface area contributed by atoms with E-state index in [1.807, 2.05) is 0 Å². The van der Waals surface area contributed by atoms with Gasteiger partial charge in [0.15, 0.2) is 11.8 Å². The number of carbonyl (C=O) groups excluding carboxylic acids is 1. The summed E-state index contributed by atoms with van der Waals surface area (Å²) in [5.74, 6) is -0.484. The molecule has 0 fully saturated rings. The molecule has 0 aliphatic rings. The summed E-state index contributed by atoms with van der Waals surface area (Å²) in [4.78, 5) is 12.2. The Kier molecular flexibility index (Phi) is 28.0. The standard InChI is InChI=1S/C33H57NO14/c1-33(2,29-35)34(37)28-30-4-6-31(7-5-30)32(36)48-27-26-47-25-24-46-23-22-45-21-20-44-19-18-43-17-16-42-15-14-41-13-12-40-11-10-39-9-8-38-3/h4-7,28,35H,8-27,29H2,1-3H3/b34-28-. The lowest BCUT2D eigenvalue weighted by Crippen LogP contribution is -2.37. The number of hydrogen-bond donors (Lipinski definition) is 1. The number of methoxy groups -OCH3 is 1. The van der Waals surface area contributed by atoms with Gasteiger partial charge >= 0.3 is 5.97 Å². The van der Waals surface area contributed by atoms with Gasteiger partial charge in [0.25, 0.3) is 0 Å². The van der Waals surface area contributed by atoms with Gasteiger partial charge in [-0.15, -0.1) is 0 Å². The van der Waals surface area contributed by atoms with Crippen molar-refractivity contribution in [2.24, 2.45) is 0 Å². The molecule has 0 amide bonds. The minimum atomic E-state index is -0.934. The van der Waals surface area contributed by atoms with Crippen molar-refractivity contribution in [3.63, 3.8) is 0 Å². The molecule has 0 aliphatic heterocycles. The Morgan fingerprint density at radius 3 is 1.23 bits per heavy atom. The fourth-order valence-electron chi connectivity index (χ4n) is 3.37. The first-order valence-corrected chi connectivity index (χ1v) is 16.3. The second-order valence-electron chi connectivity index (χ2n) is 10.7. The summed E-state index contributed by atoms with van der Waals surface area (Å²) in [7, 11) is 1.64. The molecule has 278 valence electrons. The zero-order chi connectivity index (χ0) is 35.0. The molecule has 15 nitrogen and oxygen atoms in total. The first-order chi connectivity index (χ1) is 23.4. The van der Waals surface area contributed by atoms with Crippen molar-refractivity contribution >= 4 is 12.2 Å². The molecule has 0 bridgehead atoms. The van der Waals surface area contributed by atoms with Crippen LogP contribution in [0.3, 0.4) is 0 Å². The van der Waals surface area contributed by atoms with Gasteiger partial charge in [-0.1, -0.05) is 0 Å². The molecule has 0 saturated heterocycles. The third-order valence-corrected chi connectivity index (χ3v) is 6.26. The van der Waals surface area contributed by atoms with Crippen molar-refractivity contribution in [3.8, 4) is 0 Å². The number of benzene rings is 1. The van der Waals surface area contributed by atoms with E-state index in [4.69, 9.17) is 52.1 Å². The van der Waals surface area contributed by atoms with Gasteiger partial charge in [-0.05, 0) is 24.3 Å². The molecular weight excluding hydrogens is 634 g/mol. The van der Waals surface area contributed by atoms with E-state index < -0.39 is 11.5 Å². The number of nitrogens with zero attached hydrogens (tertiary/aromatic N) is 1. The topological polar surface area (TPSA) is 165 Å². The van der Waals surface area contributed by atoms with E-state index in [9.17, 15) is 15.1 Å². The molecular formula is C33H57NO14. The fraction of sp³-hybridized carbons (Fsp3) is 0.758. The van der Waals surface area contributed by atoms with Gasteiger partial charge in [0.05, 0.1) is 131 Å². The molecule has 1 aromatic rings. The van der Waals surface area contributed by atoms with Crippen LogP contribution in [-0.2, 0) is 52.1 Å². The van der Waals surface area contributed by atoms with Crippen LogP contribution in [0, 0.1) is 5.21 Å². The monoisotopic (exact) mass is 691 g/mol. The molecule has 48 heavy (non-hydrogen) atoms. The molecule has 0 unspecified atom stereocenters. The largest absolute Gasteiger partial charge is 0.623 e. The van der Waals surface area contributed by atoms with Crippen LogP contribution in [0.5, 0.6) is 0 Å². The molecule has 1 aromatic carbocycles. The lowest BCUT2D eigenvalue weighted by atomic mass is 10.1. The van der Waals surface area contributed by atoms with Gasteiger partial charge < -0.3 is 62.4 Å². The van der Waals surface area contributed by atoms with Crippen molar-refractivity contribution in [2.45, 2.75) is 19.4 Å². The predicted molar refractivity (Wildman–Crippen MR) is 176 cm³/mol. The van der Waals surface area contributed by atoms with Gasteiger partial charge in [-0.2, -0.15) is 0 Å². The van der Waals surface area contributed by atoms with Crippen molar-refractivity contribution in [1.82, 2.24) is 0 Å². The van der Waals surface area contributed by atoms with Crippen LogP contribution >= 0.6 is 0 Å². The lowest BCUT2D eigenvalue weighted by molar-refractivity contribution is -0.539. The number of rotatable bonds is 34. The molecule has 0 heterocycles. The third kappa shape index (κ3) is 24.8. The van der Waals surface area contributed by atoms with Crippen LogP contribution in [0.2, 0.25) is 0 Å². The average Bonchev–Trinajstić information content (AvgIpc) is 3.09. The van der Waals surface area contributed by atoms with Gasteiger partial charge in [0.2, 0.25) is 0 Å². The van der Waals surface area contributed by atoms with E-state index in [1.165, 1.54) is 6.21 Å². The van der Waals surface area contributed by atoms with Crippen LogP contribution in [-0.4, -0.2) is 173 Å². The number of aliphatic hydroxyl groups excluding tert-OH is 1. The highest BCUT2D eigenvalue weighted by Gasteiger charge is 2.24. The first kappa shape index (κ1) is 43.7. The summed E-state index contributed by atoms with van der Waals surface area (Å²) in [6.45, 7) is 12.1. The van der Waals surface area contributed by atoms with Crippen LogP contribution in [0.25, 0.3) is 0 Å². The molecule has 0 radical (unpaired) electrons. The Morgan fingerprint density at radius 2 is 0.917 bits per heavy atom. The fourth-order valence-corrected chi connectivity index (χ4v) is 3.37. The Morgan fingerprint density at radius 1 is 0.604 bits per heavy atom. The smallest absolute Gasteiger partial charge is 0.338 e. The van der Waals surface area contributed by atoms with Gasteiger partial charge in [0, 0.05) is 26.5 Å². The highest BCUT2D eigenvalue weighted by atomic mass is 16.6. The molecule has 0 atom stereocenters. The molecule has 0 saturated carbocycles. The maximum atomic E-state index is 12.2. The second kappa shape index (κ2) is 30.8. The Balaban J connectivity index is 1.80. The summed E-state index contributed by atoms with van der Waals surface area (Å²) in [5, 5.41) is 21.4. The van der Waals surface area contributed by atoms with Gasteiger partial charge in [-0.25, -0.2) is 9.53 Å². The summed E-state index contributed by atoms with van der Waals surface area (Å²) in [6.07, 6.45) is 1.37. The van der Waals surface area contributed by atoms with Crippen molar-refractivity contribution < 1.29 is 66.7 Å². The summed E-state index contributed by atoms with van der Waals surface area (Å²) in [5.41, 5.74) is 0.0395. The Hall–Kier alpha value is -2.28. The van der Waals surface area contributed by atoms with E-state index in [2.05, 4.69) is 0 Å². The van der Waals surface area contributed by atoms with Crippen molar-refractivity contribution in [3.05, 3.63) is 40.6 Å². The van der Waals surface area contributed by atoms with Crippen LogP contribution in [0.1, 0.15) is 29.8 Å². The number of hydrogen-bond acceptors (Lipinski definition) is 14. The zero-order valence-corrected chi connectivity index (χ0v) is 28.9. The van der Waals surface area contributed by atoms with Crippen molar-refractivity contribution in [1.29, 1.82) is 0 Å². The molecule has 0 aliphatic carbocycles. The normalized spacial score (nSPS) is 12.1. The molecule has 15 heteroatoms. The van der Waals surface area contributed by atoms with E-state index in [-0.39, 0.29) is 19.8 Å². The van der Waals surface area contributed by atoms with E-state index >= 15 is 0 Å². The first-order valence-electron chi connectivity index (χ1n) is 16.3. The second-order valence-corrected chi connectivity index (χ2v) is 10.7. The number of aliphatic hydroxyl groups is 1. The third-order valence-electron chi connectivity index (χ3n) is 6.26. The molecule has 0 aromatic heterocycles. The SMILES string of the molecule is COCCOCCOCCOCCOCCOCCOCCOCCOCCOCCOC(=O)c1ccc(/C=[N+](\[O-])C(C)(C)CO)cc1. The number of ether oxygens (including phenoxy) is 11. The van der Waals surface area contributed by atoms with Crippen LogP contribution in [0.15, 0.2) is 24.3 Å². The summed E-state index contributed by atoms with van der Waals surface area (Å²) >= 11 is 0. The highest BCUT2D eigenvalue weighted by molar-refractivity contribution is 5.90. The summed E-state index contributed by atoms with van der Waals surface area (Å²) < 4.78 is 59.6. The minimum absolute atomic E-state index is 0.105. The maximum Gasteiger partial charge on any atom is 0.338 e. The Bertz CT molecular complexity index is 916. The quantitative estimate of drug-likeness (QED) is 0.0275. The average molecular weight is 692 g/mol. The highest BCUT2D eigenvalue weighted by Crippen LogP contribution is 2.09. The van der Waals surface area contributed by atoms with Crippen LogP contribution < -0.4 is 0 Å². The zero-order valence-electron chi connectivity index (χ0n) is 28.9. The molecule has 1 rings (SSSR count). The van der Waals surface area contributed by atoms with Crippen molar-refractivity contribution in [2.75, 3.05) is 146 Å². The van der Waals surface area contributed by atoms with Gasteiger partial charge in [0.1, 0.15) is 13.2 Å². The summed E-state index contributed by atoms with van der Waals surface area (Å²) in [6, 6.07) is 6.43. The molecule has 0 spiro atoms. The lowest BCUT2D eigenvalue weighted by Gasteiger charge is -2.21. The van der Waals surface area contributed by atoms with E-state index in [0.29, 0.717) is 135 Å². The number of hydroxylamine groups is 1. The maximum absolute atomic E-state index is 12.2. The molecule has 1 N–H and O–H groups in total. The van der Waals surface area contributed by atoms with Crippen LogP contribution in [0.4, 0.5) is 0 Å².